The number of aromatic nitrogens is 4. The van der Waals surface area contributed by atoms with Gasteiger partial charge in [-0.15, -0.1) is 0 Å². The van der Waals surface area contributed by atoms with Gasteiger partial charge in [-0.05, 0) is 23.3 Å². The summed E-state index contributed by atoms with van der Waals surface area (Å²) in [4.78, 5) is 23.5. The van der Waals surface area contributed by atoms with Gasteiger partial charge in [0, 0.05) is 12.1 Å². The van der Waals surface area contributed by atoms with Gasteiger partial charge in [-0.25, -0.2) is 4.98 Å². The third-order valence-electron chi connectivity index (χ3n) is 5.49. The number of nitrogens with zero attached hydrogens (tertiary/aromatic N) is 3. The number of anilines is 3. The van der Waals surface area contributed by atoms with Gasteiger partial charge in [-0.3, -0.25) is 14.3 Å². The van der Waals surface area contributed by atoms with E-state index in [1.54, 1.807) is 4.57 Å². The lowest BCUT2D eigenvalue weighted by Crippen LogP contribution is -2.24. The van der Waals surface area contributed by atoms with Gasteiger partial charge in [0.15, 0.2) is 11.2 Å². The lowest BCUT2D eigenvalue weighted by Gasteiger charge is -2.17. The Kier molecular flexibility index (Phi) is 5.10. The van der Waals surface area contributed by atoms with E-state index in [0.29, 0.717) is 5.95 Å². The number of H-pyrrole nitrogens is 1. The van der Waals surface area contributed by atoms with Crippen molar-refractivity contribution in [3.05, 3.63) is 65.0 Å². The summed E-state index contributed by atoms with van der Waals surface area (Å²) in [6.45, 7) is -0.329. The van der Waals surface area contributed by atoms with Crippen molar-refractivity contribution >= 4 is 28.7 Å². The van der Waals surface area contributed by atoms with Crippen molar-refractivity contribution in [2.24, 2.45) is 0 Å². The van der Waals surface area contributed by atoms with Crippen molar-refractivity contribution in [1.29, 1.82) is 0 Å². The quantitative estimate of drug-likeness (QED) is 0.319. The van der Waals surface area contributed by atoms with Gasteiger partial charge in [-0.2, -0.15) is 4.98 Å². The van der Waals surface area contributed by atoms with Crippen LogP contribution in [0.25, 0.3) is 22.3 Å². The maximum absolute atomic E-state index is 12.4. The van der Waals surface area contributed by atoms with Crippen molar-refractivity contribution < 1.29 is 14.9 Å². The second kappa shape index (κ2) is 8.08. The van der Waals surface area contributed by atoms with E-state index in [1.165, 1.54) is 0 Å². The molecule has 3 unspecified atom stereocenters. The number of nitrogen functional groups attached to an aromatic ring is 1. The molecule has 6 N–H and O–H groups in total. The number of nitrogens with one attached hydrogen (secondary N) is 2. The van der Waals surface area contributed by atoms with Crippen LogP contribution in [0.15, 0.2) is 59.4 Å². The van der Waals surface area contributed by atoms with E-state index >= 15 is 0 Å². The zero-order valence-electron chi connectivity index (χ0n) is 17.0. The predicted octanol–water partition coefficient (Wildman–Crippen LogP) is 1.75. The predicted molar refractivity (Wildman–Crippen MR) is 119 cm³/mol. The molecule has 1 aliphatic rings. The summed E-state index contributed by atoms with van der Waals surface area (Å²) >= 11 is 0. The summed E-state index contributed by atoms with van der Waals surface area (Å²) in [5, 5.41) is 22.9. The van der Waals surface area contributed by atoms with E-state index in [2.05, 4.69) is 20.3 Å². The standard InChI is InChI=1S/C22H22N6O4/c23-21-26-19-18(20(31)27-21)25-22(28(19)17-10-15(30)16(11-29)32-17)24-14-8-6-13(7-9-14)12-4-2-1-3-5-12/h1-9,15-17,29-30H,10-11H2,(H,24,25)(H3,23,26,27,31). The molecule has 2 aromatic carbocycles. The van der Waals surface area contributed by atoms with Crippen LogP contribution in [0.4, 0.5) is 17.6 Å². The number of hydrogen-bond donors (Lipinski definition) is 5. The molecule has 0 radical (unpaired) electrons. The Labute approximate surface area is 182 Å². The molecule has 0 amide bonds. The SMILES string of the molecule is Nc1nc2c(nc(Nc3ccc(-c4ccccc4)cc3)n2C2CC(O)C(CO)O2)c(=O)[nH]1. The number of fused-ring (bicyclic) bond motifs is 1. The van der Waals surface area contributed by atoms with Gasteiger partial charge in [0.25, 0.3) is 5.56 Å². The molecule has 2 aromatic heterocycles. The second-order valence-corrected chi connectivity index (χ2v) is 7.61. The highest BCUT2D eigenvalue weighted by atomic mass is 16.5. The molecule has 4 aromatic rings. The Morgan fingerprint density at radius 2 is 1.84 bits per heavy atom. The van der Waals surface area contributed by atoms with Crippen LogP contribution in [0.1, 0.15) is 12.6 Å². The molecule has 1 aliphatic heterocycles. The summed E-state index contributed by atoms with van der Waals surface area (Å²) in [5.74, 6) is 0.256. The number of benzene rings is 2. The Bertz CT molecular complexity index is 1300. The van der Waals surface area contributed by atoms with Crippen molar-refractivity contribution in [3.8, 4) is 11.1 Å². The molecule has 0 saturated carbocycles. The van der Waals surface area contributed by atoms with Crippen molar-refractivity contribution in [2.45, 2.75) is 24.9 Å². The van der Waals surface area contributed by atoms with Crippen LogP contribution in [0, 0.1) is 0 Å². The average Bonchev–Trinajstić information content (AvgIpc) is 3.34. The molecule has 5 rings (SSSR count). The van der Waals surface area contributed by atoms with E-state index in [1.807, 2.05) is 54.6 Å². The molecule has 10 nitrogen and oxygen atoms in total. The summed E-state index contributed by atoms with van der Waals surface area (Å²) in [7, 11) is 0. The number of aromatic amines is 1. The molecule has 10 heteroatoms. The summed E-state index contributed by atoms with van der Waals surface area (Å²) in [6.07, 6.45) is -2.09. The lowest BCUT2D eigenvalue weighted by molar-refractivity contribution is -0.0425. The highest BCUT2D eigenvalue weighted by molar-refractivity contribution is 5.76. The maximum atomic E-state index is 12.4. The Hall–Kier alpha value is -3.73. The van der Waals surface area contributed by atoms with Gasteiger partial charge in [0.05, 0.1) is 12.7 Å². The fraction of sp³-hybridized carbons (Fsp3) is 0.227. The fourth-order valence-corrected chi connectivity index (χ4v) is 3.90. The molecule has 1 fully saturated rings. The van der Waals surface area contributed by atoms with Crippen LogP contribution >= 0.6 is 0 Å². The Morgan fingerprint density at radius 1 is 1.12 bits per heavy atom. The van der Waals surface area contributed by atoms with Crippen molar-refractivity contribution in [2.75, 3.05) is 17.7 Å². The molecule has 3 atom stereocenters. The third-order valence-corrected chi connectivity index (χ3v) is 5.49. The molecule has 0 spiro atoms. The number of aliphatic hydroxyl groups is 2. The first-order chi connectivity index (χ1) is 15.5. The largest absolute Gasteiger partial charge is 0.394 e. The maximum Gasteiger partial charge on any atom is 0.280 e. The molecule has 3 heterocycles. The minimum atomic E-state index is -0.861. The van der Waals surface area contributed by atoms with E-state index in [4.69, 9.17) is 10.5 Å². The van der Waals surface area contributed by atoms with E-state index < -0.39 is 24.0 Å². The molecule has 164 valence electrons. The fourth-order valence-electron chi connectivity index (χ4n) is 3.90. The van der Waals surface area contributed by atoms with Crippen LogP contribution in [0.2, 0.25) is 0 Å². The van der Waals surface area contributed by atoms with Gasteiger partial charge in [0.1, 0.15) is 12.3 Å². The summed E-state index contributed by atoms with van der Waals surface area (Å²) in [6, 6.07) is 17.8. The zero-order chi connectivity index (χ0) is 22.2. The molecule has 0 aliphatic carbocycles. The minimum absolute atomic E-state index is 0.0559. The van der Waals surface area contributed by atoms with Gasteiger partial charge >= 0.3 is 0 Å². The van der Waals surface area contributed by atoms with Crippen LogP contribution in [0.3, 0.4) is 0 Å². The number of aliphatic hydroxyl groups excluding tert-OH is 2. The van der Waals surface area contributed by atoms with Crippen LogP contribution in [0.5, 0.6) is 0 Å². The van der Waals surface area contributed by atoms with E-state index in [9.17, 15) is 15.0 Å². The number of hydrogen-bond acceptors (Lipinski definition) is 8. The normalized spacial score (nSPS) is 20.6. The second-order valence-electron chi connectivity index (χ2n) is 7.61. The van der Waals surface area contributed by atoms with Crippen molar-refractivity contribution in [1.82, 2.24) is 19.5 Å². The molecular weight excluding hydrogens is 412 g/mol. The monoisotopic (exact) mass is 434 g/mol. The smallest absolute Gasteiger partial charge is 0.280 e. The summed E-state index contributed by atoms with van der Waals surface area (Å²) < 4.78 is 7.39. The number of imidazole rings is 1. The van der Waals surface area contributed by atoms with Gasteiger partial charge in [0.2, 0.25) is 11.9 Å². The number of rotatable bonds is 5. The van der Waals surface area contributed by atoms with Crippen molar-refractivity contribution in [3.63, 3.8) is 0 Å². The third kappa shape index (κ3) is 3.60. The summed E-state index contributed by atoms with van der Waals surface area (Å²) in [5.41, 5.74) is 8.48. The Balaban J connectivity index is 1.53. The molecule has 0 bridgehead atoms. The minimum Gasteiger partial charge on any atom is -0.394 e. The van der Waals surface area contributed by atoms with Gasteiger partial charge < -0.3 is 26.0 Å². The molecule has 32 heavy (non-hydrogen) atoms. The highest BCUT2D eigenvalue weighted by Crippen LogP contribution is 2.34. The van der Waals surface area contributed by atoms with Crippen LogP contribution in [-0.4, -0.2) is 48.5 Å². The Morgan fingerprint density at radius 3 is 2.53 bits per heavy atom. The number of nitrogens with two attached hydrogens (primary N) is 1. The molecular formula is C22H22N6O4. The van der Waals surface area contributed by atoms with E-state index in [0.717, 1.165) is 16.8 Å². The zero-order valence-corrected chi connectivity index (χ0v) is 17.0. The highest BCUT2D eigenvalue weighted by Gasteiger charge is 2.37. The van der Waals surface area contributed by atoms with Crippen LogP contribution < -0.4 is 16.6 Å². The molecule has 1 saturated heterocycles. The lowest BCUT2D eigenvalue weighted by atomic mass is 10.1. The van der Waals surface area contributed by atoms with E-state index in [-0.39, 0.29) is 30.1 Å². The van der Waals surface area contributed by atoms with Gasteiger partial charge in [-0.1, -0.05) is 42.5 Å². The topological polar surface area (TPSA) is 151 Å². The average molecular weight is 434 g/mol. The van der Waals surface area contributed by atoms with Crippen LogP contribution in [-0.2, 0) is 4.74 Å². The first-order valence-electron chi connectivity index (χ1n) is 10.2. The first-order valence-corrected chi connectivity index (χ1v) is 10.2. The number of ether oxygens (including phenoxy) is 1. The first kappa shape index (κ1) is 20.2.